The van der Waals surface area contributed by atoms with Gasteiger partial charge in [-0.25, -0.2) is 0 Å². The molecule has 0 saturated carbocycles. The summed E-state index contributed by atoms with van der Waals surface area (Å²) in [4.78, 5) is 2.22. The maximum absolute atomic E-state index is 8.56. The number of nitrogens with zero attached hydrogens (tertiary/aromatic N) is 1. The molecule has 1 rings (SSSR count). The average molecular weight is 191 g/mol. The van der Waals surface area contributed by atoms with Crippen LogP contribution in [0.25, 0.3) is 0 Å². The Bertz CT molecular complexity index is 134. The zero-order chi connectivity index (χ0) is 8.10. The predicted octanol–water partition coefficient (Wildman–Crippen LogP) is 1.09. The highest BCUT2D eigenvalue weighted by atomic mass is 32.2. The Morgan fingerprint density at radius 1 is 1.45 bits per heavy atom. The van der Waals surface area contributed by atoms with Gasteiger partial charge in [0.2, 0.25) is 0 Å². The molecular formula is C7H13NOS2. The van der Waals surface area contributed by atoms with E-state index >= 15 is 0 Å². The van der Waals surface area contributed by atoms with Crippen molar-refractivity contribution in [2.24, 2.45) is 0 Å². The maximum Gasteiger partial charge on any atom is 0.136 e. The Morgan fingerprint density at radius 3 is 2.64 bits per heavy atom. The molecule has 11 heavy (non-hydrogen) atoms. The van der Waals surface area contributed by atoms with Gasteiger partial charge >= 0.3 is 0 Å². The number of thiocarbonyl (C=S) groups is 1. The number of aliphatic hydroxyl groups excluding tert-OH is 1. The highest BCUT2D eigenvalue weighted by molar-refractivity contribution is 8.22. The van der Waals surface area contributed by atoms with Gasteiger partial charge in [0.1, 0.15) is 4.32 Å². The van der Waals surface area contributed by atoms with Gasteiger partial charge in [-0.15, -0.1) is 0 Å². The van der Waals surface area contributed by atoms with E-state index in [0.717, 1.165) is 23.2 Å². The van der Waals surface area contributed by atoms with Crippen LogP contribution in [0.15, 0.2) is 0 Å². The second-order valence-corrected chi connectivity index (χ2v) is 4.26. The molecule has 1 aliphatic heterocycles. The van der Waals surface area contributed by atoms with Crippen LogP contribution in [-0.4, -0.2) is 39.8 Å². The minimum Gasteiger partial charge on any atom is -0.396 e. The van der Waals surface area contributed by atoms with Gasteiger partial charge in [0.05, 0.1) is 6.61 Å². The normalized spacial score (nSPS) is 17.4. The second kappa shape index (κ2) is 4.95. The van der Waals surface area contributed by atoms with E-state index in [1.165, 1.54) is 12.8 Å². The van der Waals surface area contributed by atoms with E-state index < -0.39 is 0 Å². The highest BCUT2D eigenvalue weighted by Gasteiger charge is 2.14. The Hall–Kier alpha value is 0.200. The highest BCUT2D eigenvalue weighted by Crippen LogP contribution is 2.15. The van der Waals surface area contributed by atoms with Crippen molar-refractivity contribution in [2.75, 3.05) is 25.4 Å². The second-order valence-electron chi connectivity index (χ2n) is 2.53. The Labute approximate surface area is 77.0 Å². The molecule has 0 unspecified atom stereocenters. The van der Waals surface area contributed by atoms with Gasteiger partial charge in [-0.3, -0.25) is 0 Å². The molecule has 0 aromatic rings. The first-order chi connectivity index (χ1) is 5.34. The molecule has 1 fully saturated rings. The van der Waals surface area contributed by atoms with Crippen molar-refractivity contribution in [2.45, 2.75) is 12.8 Å². The monoisotopic (exact) mass is 191 g/mol. The average Bonchev–Trinajstić information content (AvgIpc) is 2.52. The summed E-state index contributed by atoms with van der Waals surface area (Å²) < 4.78 is 0.955. The molecular weight excluding hydrogens is 178 g/mol. The standard InChI is InChI=1S/C7H13NOS2/c9-5-6-11-7(10)8-3-1-2-4-8/h9H,1-6H2. The summed E-state index contributed by atoms with van der Waals surface area (Å²) in [6.45, 7) is 2.44. The summed E-state index contributed by atoms with van der Waals surface area (Å²) in [6.07, 6.45) is 2.53. The van der Waals surface area contributed by atoms with Gasteiger partial charge in [-0.2, -0.15) is 0 Å². The topological polar surface area (TPSA) is 23.5 Å². The fourth-order valence-electron chi connectivity index (χ4n) is 1.12. The molecule has 0 aromatic carbocycles. The first-order valence-electron chi connectivity index (χ1n) is 3.87. The third-order valence-corrected chi connectivity index (χ3v) is 3.18. The molecule has 0 spiro atoms. The van der Waals surface area contributed by atoms with Crippen LogP contribution in [0, 0.1) is 0 Å². The van der Waals surface area contributed by atoms with Crippen molar-refractivity contribution in [3.63, 3.8) is 0 Å². The van der Waals surface area contributed by atoms with Crippen LogP contribution < -0.4 is 0 Å². The van der Waals surface area contributed by atoms with Crippen molar-refractivity contribution in [3.05, 3.63) is 0 Å². The molecule has 0 atom stereocenters. The first-order valence-corrected chi connectivity index (χ1v) is 5.26. The summed E-state index contributed by atoms with van der Waals surface area (Å²) in [6, 6.07) is 0. The predicted molar refractivity (Wildman–Crippen MR) is 52.9 cm³/mol. The molecule has 0 bridgehead atoms. The third-order valence-electron chi connectivity index (χ3n) is 1.68. The minimum atomic E-state index is 0.221. The van der Waals surface area contributed by atoms with E-state index in [4.69, 9.17) is 17.3 Å². The Kier molecular flexibility index (Phi) is 4.18. The van der Waals surface area contributed by atoms with Crippen molar-refractivity contribution < 1.29 is 5.11 Å². The van der Waals surface area contributed by atoms with Gasteiger partial charge in [-0.1, -0.05) is 24.0 Å². The molecule has 64 valence electrons. The zero-order valence-corrected chi connectivity index (χ0v) is 8.09. The fraction of sp³-hybridized carbons (Fsp3) is 0.857. The van der Waals surface area contributed by atoms with E-state index in [-0.39, 0.29) is 6.61 Å². The lowest BCUT2D eigenvalue weighted by molar-refractivity contribution is 0.322. The van der Waals surface area contributed by atoms with Crippen molar-refractivity contribution in [1.82, 2.24) is 4.90 Å². The van der Waals surface area contributed by atoms with E-state index in [0.29, 0.717) is 0 Å². The van der Waals surface area contributed by atoms with Crippen molar-refractivity contribution in [1.29, 1.82) is 0 Å². The number of thioether (sulfide) groups is 1. The van der Waals surface area contributed by atoms with Gasteiger partial charge in [0.25, 0.3) is 0 Å². The Morgan fingerprint density at radius 2 is 2.09 bits per heavy atom. The van der Waals surface area contributed by atoms with Crippen LogP contribution >= 0.6 is 24.0 Å². The lowest BCUT2D eigenvalue weighted by Crippen LogP contribution is -2.23. The summed E-state index contributed by atoms with van der Waals surface area (Å²) in [5.74, 6) is 0.731. The lowest BCUT2D eigenvalue weighted by Gasteiger charge is -2.16. The number of aliphatic hydroxyl groups is 1. The lowest BCUT2D eigenvalue weighted by atomic mass is 10.4. The van der Waals surface area contributed by atoms with Crippen molar-refractivity contribution in [3.8, 4) is 0 Å². The molecule has 0 radical (unpaired) electrons. The molecule has 2 nitrogen and oxygen atoms in total. The molecule has 0 aromatic heterocycles. The molecule has 1 aliphatic rings. The number of hydrogen-bond acceptors (Lipinski definition) is 3. The van der Waals surface area contributed by atoms with Gasteiger partial charge in [0.15, 0.2) is 0 Å². The molecule has 0 aliphatic carbocycles. The van der Waals surface area contributed by atoms with E-state index in [2.05, 4.69) is 4.90 Å². The summed E-state index contributed by atoms with van der Waals surface area (Å²) in [5.41, 5.74) is 0. The zero-order valence-electron chi connectivity index (χ0n) is 6.45. The van der Waals surface area contributed by atoms with E-state index in [1.807, 2.05) is 0 Å². The number of likely N-dealkylation sites (tertiary alicyclic amines) is 1. The van der Waals surface area contributed by atoms with Gasteiger partial charge < -0.3 is 10.0 Å². The van der Waals surface area contributed by atoms with Crippen LogP contribution in [0.5, 0.6) is 0 Å². The number of hydrogen-bond donors (Lipinski definition) is 1. The van der Waals surface area contributed by atoms with E-state index in [9.17, 15) is 0 Å². The summed E-state index contributed by atoms with van der Waals surface area (Å²) in [7, 11) is 0. The largest absolute Gasteiger partial charge is 0.396 e. The molecule has 1 N–H and O–H groups in total. The minimum absolute atomic E-state index is 0.221. The Balaban J connectivity index is 2.17. The number of rotatable bonds is 2. The van der Waals surface area contributed by atoms with Crippen LogP contribution in [0.1, 0.15) is 12.8 Å². The molecule has 0 amide bonds. The van der Waals surface area contributed by atoms with Crippen LogP contribution in [0.4, 0.5) is 0 Å². The fourth-order valence-corrected chi connectivity index (χ4v) is 2.19. The van der Waals surface area contributed by atoms with Crippen LogP contribution in [0.3, 0.4) is 0 Å². The smallest absolute Gasteiger partial charge is 0.136 e. The van der Waals surface area contributed by atoms with Crippen LogP contribution in [-0.2, 0) is 0 Å². The first kappa shape index (κ1) is 9.29. The summed E-state index contributed by atoms with van der Waals surface area (Å²) >= 11 is 6.74. The molecule has 4 heteroatoms. The third kappa shape index (κ3) is 2.97. The van der Waals surface area contributed by atoms with Gasteiger partial charge in [0, 0.05) is 18.8 Å². The molecule has 1 saturated heterocycles. The van der Waals surface area contributed by atoms with E-state index in [1.54, 1.807) is 11.8 Å². The maximum atomic E-state index is 8.56. The van der Waals surface area contributed by atoms with Crippen LogP contribution in [0.2, 0.25) is 0 Å². The quantitative estimate of drug-likeness (QED) is 0.660. The SMILES string of the molecule is OCCSC(=S)N1CCCC1. The van der Waals surface area contributed by atoms with Crippen molar-refractivity contribution >= 4 is 28.3 Å². The van der Waals surface area contributed by atoms with Gasteiger partial charge in [-0.05, 0) is 12.8 Å². The molecule has 1 heterocycles. The summed E-state index contributed by atoms with van der Waals surface area (Å²) in [5, 5.41) is 8.56.